The standard InChI is InChI=1S/C15H14F3NO3/c1-4-8-19(9-5-2)13(20)10-14(21,15(16,17)18)12-7-6-11(3)22-12/h1-2,6-7,21H,8-10H2,3H3/t14-/m1/s1. The first kappa shape index (κ1) is 17.7. The number of alkyl halides is 3. The Bertz CT molecular complexity index is 605. The molecule has 0 saturated heterocycles. The van der Waals surface area contributed by atoms with Gasteiger partial charge in [0.15, 0.2) is 0 Å². The van der Waals surface area contributed by atoms with Crippen LogP contribution >= 0.6 is 0 Å². The van der Waals surface area contributed by atoms with Crippen molar-refractivity contribution < 1.29 is 27.5 Å². The maximum atomic E-state index is 13.2. The number of nitrogens with zero attached hydrogens (tertiary/aromatic N) is 1. The lowest BCUT2D eigenvalue weighted by Crippen LogP contribution is -2.47. The third-order valence-corrected chi connectivity index (χ3v) is 2.94. The molecule has 0 aromatic carbocycles. The zero-order valence-electron chi connectivity index (χ0n) is 11.8. The van der Waals surface area contributed by atoms with E-state index in [0.717, 1.165) is 11.0 Å². The van der Waals surface area contributed by atoms with Gasteiger partial charge in [0.1, 0.15) is 11.5 Å². The zero-order valence-corrected chi connectivity index (χ0v) is 11.8. The number of terminal acetylenes is 2. The highest BCUT2D eigenvalue weighted by atomic mass is 19.4. The Morgan fingerprint density at radius 3 is 2.23 bits per heavy atom. The van der Waals surface area contributed by atoms with Crippen molar-refractivity contribution in [3.05, 3.63) is 23.7 Å². The summed E-state index contributed by atoms with van der Waals surface area (Å²) in [5.74, 6) is 2.64. The van der Waals surface area contributed by atoms with Gasteiger partial charge in [-0.25, -0.2) is 0 Å². The van der Waals surface area contributed by atoms with Gasteiger partial charge in [-0.15, -0.1) is 12.8 Å². The summed E-state index contributed by atoms with van der Waals surface area (Å²) < 4.78 is 44.6. The van der Waals surface area contributed by atoms with E-state index in [1.807, 2.05) is 0 Å². The minimum atomic E-state index is -5.11. The number of amides is 1. The first-order valence-corrected chi connectivity index (χ1v) is 6.16. The molecule has 7 heteroatoms. The molecule has 0 aliphatic heterocycles. The van der Waals surface area contributed by atoms with Crippen LogP contribution in [0.2, 0.25) is 0 Å². The number of carbonyl (C=O) groups is 1. The smallest absolute Gasteiger partial charge is 0.425 e. The van der Waals surface area contributed by atoms with E-state index in [1.54, 1.807) is 0 Å². The fourth-order valence-electron chi connectivity index (χ4n) is 1.77. The van der Waals surface area contributed by atoms with Crippen LogP contribution in [-0.2, 0) is 10.4 Å². The van der Waals surface area contributed by atoms with Crippen molar-refractivity contribution in [1.82, 2.24) is 4.90 Å². The molecule has 1 amide bonds. The predicted octanol–water partition coefficient (Wildman–Crippen LogP) is 1.82. The Morgan fingerprint density at radius 2 is 1.86 bits per heavy atom. The average molecular weight is 313 g/mol. The fraction of sp³-hybridized carbons (Fsp3) is 0.400. The van der Waals surface area contributed by atoms with Gasteiger partial charge in [-0.1, -0.05) is 11.8 Å². The van der Waals surface area contributed by atoms with Crippen molar-refractivity contribution in [3.8, 4) is 24.7 Å². The van der Waals surface area contributed by atoms with Crippen LogP contribution in [0.3, 0.4) is 0 Å². The van der Waals surface area contributed by atoms with Crippen LogP contribution in [0, 0.1) is 31.6 Å². The molecule has 22 heavy (non-hydrogen) atoms. The molecule has 1 aromatic rings. The molecule has 0 radical (unpaired) electrons. The van der Waals surface area contributed by atoms with Gasteiger partial charge >= 0.3 is 6.18 Å². The lowest BCUT2D eigenvalue weighted by Gasteiger charge is -2.30. The number of carbonyl (C=O) groups excluding carboxylic acids is 1. The quantitative estimate of drug-likeness (QED) is 0.844. The van der Waals surface area contributed by atoms with Crippen LogP contribution in [-0.4, -0.2) is 35.2 Å². The molecule has 1 N–H and O–H groups in total. The summed E-state index contributed by atoms with van der Waals surface area (Å²) in [6.07, 6.45) is 3.71. The molecular formula is C15H14F3NO3. The summed E-state index contributed by atoms with van der Waals surface area (Å²) in [5.41, 5.74) is -3.44. The number of aryl methyl sites for hydroxylation is 1. The molecule has 1 heterocycles. The number of hydrogen-bond donors (Lipinski definition) is 1. The van der Waals surface area contributed by atoms with Gasteiger partial charge in [0, 0.05) is 0 Å². The van der Waals surface area contributed by atoms with E-state index in [2.05, 4.69) is 11.8 Å². The van der Waals surface area contributed by atoms with E-state index in [1.165, 1.54) is 13.0 Å². The minimum Gasteiger partial charge on any atom is -0.463 e. The van der Waals surface area contributed by atoms with E-state index < -0.39 is 29.9 Å². The minimum absolute atomic E-state index is 0.175. The van der Waals surface area contributed by atoms with E-state index in [9.17, 15) is 23.1 Å². The largest absolute Gasteiger partial charge is 0.463 e. The summed E-state index contributed by atoms with van der Waals surface area (Å²) in [6, 6.07) is 2.24. The molecule has 0 fully saturated rings. The van der Waals surface area contributed by atoms with Crippen molar-refractivity contribution in [2.45, 2.75) is 25.1 Å². The number of halogens is 3. The number of furan rings is 1. The molecule has 118 valence electrons. The van der Waals surface area contributed by atoms with Crippen molar-refractivity contribution in [2.75, 3.05) is 13.1 Å². The summed E-state index contributed by atoms with van der Waals surface area (Å²) in [4.78, 5) is 12.9. The van der Waals surface area contributed by atoms with Crippen molar-refractivity contribution in [2.24, 2.45) is 0 Å². The molecule has 0 spiro atoms. The van der Waals surface area contributed by atoms with Crippen LogP contribution < -0.4 is 0 Å². The second-order valence-electron chi connectivity index (χ2n) is 4.60. The number of aliphatic hydroxyl groups is 1. The third-order valence-electron chi connectivity index (χ3n) is 2.94. The van der Waals surface area contributed by atoms with Crippen LogP contribution in [0.25, 0.3) is 0 Å². The summed E-state index contributed by atoms with van der Waals surface area (Å²) in [5, 5.41) is 10.0. The number of hydrogen-bond acceptors (Lipinski definition) is 3. The molecule has 4 nitrogen and oxygen atoms in total. The maximum Gasteiger partial charge on any atom is 0.425 e. The van der Waals surface area contributed by atoms with Crippen molar-refractivity contribution in [1.29, 1.82) is 0 Å². The Labute approximate surface area is 125 Å². The van der Waals surface area contributed by atoms with Gasteiger partial charge in [0.25, 0.3) is 0 Å². The highest BCUT2D eigenvalue weighted by Gasteiger charge is 2.58. The van der Waals surface area contributed by atoms with E-state index in [4.69, 9.17) is 17.3 Å². The van der Waals surface area contributed by atoms with E-state index >= 15 is 0 Å². The second kappa shape index (κ2) is 6.59. The van der Waals surface area contributed by atoms with Gasteiger partial charge in [0.2, 0.25) is 11.5 Å². The molecule has 0 bridgehead atoms. The molecular weight excluding hydrogens is 299 g/mol. The first-order valence-electron chi connectivity index (χ1n) is 6.16. The Balaban J connectivity index is 3.13. The molecule has 0 unspecified atom stereocenters. The Morgan fingerprint density at radius 1 is 1.32 bits per heavy atom. The molecule has 0 aliphatic carbocycles. The summed E-state index contributed by atoms with van der Waals surface area (Å²) >= 11 is 0. The highest BCUT2D eigenvalue weighted by molar-refractivity contribution is 5.78. The average Bonchev–Trinajstić information content (AvgIpc) is 2.84. The van der Waals surface area contributed by atoms with E-state index in [0.29, 0.717) is 0 Å². The SMILES string of the molecule is C#CCN(CC#C)C(=O)C[C@@](O)(c1ccc(C)o1)C(F)(F)F. The third kappa shape index (κ3) is 3.63. The lowest BCUT2D eigenvalue weighted by molar-refractivity contribution is -0.274. The topological polar surface area (TPSA) is 53.7 Å². The number of rotatable bonds is 5. The fourth-order valence-corrected chi connectivity index (χ4v) is 1.77. The lowest BCUT2D eigenvalue weighted by atomic mass is 9.95. The van der Waals surface area contributed by atoms with Crippen LogP contribution in [0.15, 0.2) is 16.5 Å². The Kier molecular flexibility index (Phi) is 5.29. The Hall–Kier alpha value is -2.38. The van der Waals surface area contributed by atoms with Gasteiger partial charge in [-0.2, -0.15) is 13.2 Å². The van der Waals surface area contributed by atoms with Crippen molar-refractivity contribution in [3.63, 3.8) is 0 Å². The zero-order chi connectivity index (χ0) is 17.0. The van der Waals surface area contributed by atoms with Gasteiger partial charge in [0.05, 0.1) is 19.5 Å². The first-order chi connectivity index (χ1) is 10.2. The molecule has 1 aromatic heterocycles. The van der Waals surface area contributed by atoms with Gasteiger partial charge in [-0.3, -0.25) is 4.79 Å². The molecule has 0 saturated carbocycles. The van der Waals surface area contributed by atoms with E-state index in [-0.39, 0.29) is 18.8 Å². The predicted molar refractivity (Wildman–Crippen MR) is 72.3 cm³/mol. The van der Waals surface area contributed by atoms with Crippen molar-refractivity contribution >= 4 is 5.91 Å². The maximum absolute atomic E-state index is 13.2. The van der Waals surface area contributed by atoms with Crippen LogP contribution in [0.5, 0.6) is 0 Å². The summed E-state index contributed by atoms with van der Waals surface area (Å²) in [7, 11) is 0. The molecule has 1 rings (SSSR count). The van der Waals surface area contributed by atoms with Gasteiger partial charge in [-0.05, 0) is 19.1 Å². The van der Waals surface area contributed by atoms with Crippen LogP contribution in [0.4, 0.5) is 13.2 Å². The molecule has 0 aliphatic rings. The molecule has 1 atom stereocenters. The normalized spacial score (nSPS) is 13.8. The van der Waals surface area contributed by atoms with Crippen LogP contribution in [0.1, 0.15) is 17.9 Å². The summed E-state index contributed by atoms with van der Waals surface area (Å²) in [6.45, 7) is 0.910. The monoisotopic (exact) mass is 313 g/mol. The second-order valence-corrected chi connectivity index (χ2v) is 4.60. The highest BCUT2D eigenvalue weighted by Crippen LogP contribution is 2.42. The van der Waals surface area contributed by atoms with Gasteiger partial charge < -0.3 is 14.4 Å².